The van der Waals surface area contributed by atoms with Gasteiger partial charge in [-0.15, -0.1) is 0 Å². The van der Waals surface area contributed by atoms with Gasteiger partial charge in [0.2, 0.25) is 0 Å². The molecule has 0 fully saturated rings. The zero-order valence-electron chi connectivity index (χ0n) is 7.32. The average molecular weight is 220 g/mol. The van der Waals surface area contributed by atoms with Crippen LogP contribution in [0.3, 0.4) is 0 Å². The Bertz CT molecular complexity index is 176. The van der Waals surface area contributed by atoms with Gasteiger partial charge in [0.05, 0.1) is 6.61 Å². The predicted molar refractivity (Wildman–Crippen MR) is 44.5 cm³/mol. The van der Waals surface area contributed by atoms with Crippen LogP contribution in [0.2, 0.25) is 0 Å². The van der Waals surface area contributed by atoms with Gasteiger partial charge in [0.15, 0.2) is 6.10 Å². The van der Waals surface area contributed by atoms with E-state index in [2.05, 4.69) is 0 Å². The third kappa shape index (κ3) is 4.51. The van der Waals surface area contributed by atoms with Crippen molar-refractivity contribution in [2.75, 3.05) is 6.61 Å². The van der Waals surface area contributed by atoms with E-state index in [-0.39, 0.29) is 23.1 Å². The fraction of sp³-hybridized carbons (Fsp3) is 0.833. The molecule has 0 aromatic carbocycles. The van der Waals surface area contributed by atoms with Crippen LogP contribution in [0.25, 0.3) is 0 Å². The number of hydrogen-bond donors (Lipinski definition) is 6. The summed E-state index contributed by atoms with van der Waals surface area (Å²) in [6, 6.07) is 0. The van der Waals surface area contributed by atoms with Crippen LogP contribution in [0.15, 0.2) is 0 Å². The Morgan fingerprint density at radius 1 is 1.07 bits per heavy atom. The Hall–Kier alpha value is 0.0362. The topological polar surface area (TPSA) is 138 Å². The Morgan fingerprint density at radius 2 is 1.50 bits per heavy atom. The Morgan fingerprint density at radius 3 is 1.79 bits per heavy atom. The van der Waals surface area contributed by atoms with Gasteiger partial charge in [-0.05, 0) is 0 Å². The molecule has 0 radical (unpaired) electrons. The summed E-state index contributed by atoms with van der Waals surface area (Å²) in [6.45, 7) is -0.843. The van der Waals surface area contributed by atoms with Crippen molar-refractivity contribution in [3.8, 4) is 0 Å². The summed E-state index contributed by atoms with van der Waals surface area (Å²) < 4.78 is 0. The molecule has 7 nitrogen and oxygen atoms in total. The molecular weight excluding hydrogens is 208 g/mol. The average Bonchev–Trinajstić information content (AvgIpc) is 2.12. The van der Waals surface area contributed by atoms with Crippen molar-refractivity contribution in [2.24, 2.45) is 0 Å². The standard InChI is InChI=1S/C6H12O7.Mg/c7-1-2(8)3(9)4(10)5(11)6(12)13;/h2-5,7-11H,1H2,(H,12,13);/q;+2. The summed E-state index contributed by atoms with van der Waals surface area (Å²) in [4.78, 5) is 10.1. The van der Waals surface area contributed by atoms with Gasteiger partial charge in [0.1, 0.15) is 18.3 Å². The van der Waals surface area contributed by atoms with Crippen LogP contribution >= 0.6 is 0 Å². The second kappa shape index (κ2) is 7.34. The molecule has 0 rings (SSSR count). The largest absolute Gasteiger partial charge is 2.00 e. The fourth-order valence-electron chi connectivity index (χ4n) is 0.668. The first-order valence-electron chi connectivity index (χ1n) is 3.47. The van der Waals surface area contributed by atoms with Crippen molar-refractivity contribution >= 4 is 29.0 Å². The molecule has 0 aromatic rings. The summed E-state index contributed by atoms with van der Waals surface area (Å²) in [5.74, 6) is -1.73. The Labute approximate surface area is 95.8 Å². The van der Waals surface area contributed by atoms with Crippen molar-refractivity contribution in [1.29, 1.82) is 0 Å². The van der Waals surface area contributed by atoms with Crippen LogP contribution in [-0.4, -0.2) is 90.7 Å². The van der Waals surface area contributed by atoms with E-state index in [1.165, 1.54) is 0 Å². The van der Waals surface area contributed by atoms with E-state index in [4.69, 9.17) is 30.6 Å². The van der Waals surface area contributed by atoms with E-state index in [0.717, 1.165) is 0 Å². The van der Waals surface area contributed by atoms with Crippen LogP contribution < -0.4 is 0 Å². The molecule has 0 aliphatic rings. The minimum absolute atomic E-state index is 0. The molecule has 0 amide bonds. The van der Waals surface area contributed by atoms with E-state index in [1.807, 2.05) is 0 Å². The maximum Gasteiger partial charge on any atom is 2.00 e. The molecule has 14 heavy (non-hydrogen) atoms. The molecule has 0 spiro atoms. The third-order valence-electron chi connectivity index (χ3n) is 1.51. The van der Waals surface area contributed by atoms with Gasteiger partial charge >= 0.3 is 29.0 Å². The maximum absolute atomic E-state index is 10.1. The quantitative estimate of drug-likeness (QED) is 0.261. The maximum atomic E-state index is 10.1. The second-order valence-corrected chi connectivity index (χ2v) is 2.51. The van der Waals surface area contributed by atoms with Crippen molar-refractivity contribution in [2.45, 2.75) is 24.4 Å². The van der Waals surface area contributed by atoms with E-state index >= 15 is 0 Å². The van der Waals surface area contributed by atoms with Crippen molar-refractivity contribution in [3.63, 3.8) is 0 Å². The first kappa shape index (κ1) is 16.5. The number of aliphatic hydroxyl groups excluding tert-OH is 5. The van der Waals surface area contributed by atoms with E-state index in [1.54, 1.807) is 0 Å². The van der Waals surface area contributed by atoms with Gasteiger partial charge in [0, 0.05) is 0 Å². The predicted octanol–water partition coefficient (Wildman–Crippen LogP) is -3.87. The SMILES string of the molecule is O=C(O)C(O)C(O)C(O)C(O)CO.[Mg+2]. The van der Waals surface area contributed by atoms with Crippen molar-refractivity contribution in [1.82, 2.24) is 0 Å². The van der Waals surface area contributed by atoms with E-state index in [0.29, 0.717) is 0 Å². The summed E-state index contributed by atoms with van der Waals surface area (Å²) in [6.07, 6.45) is -7.84. The third-order valence-corrected chi connectivity index (χ3v) is 1.51. The molecule has 0 heterocycles. The van der Waals surface area contributed by atoms with Crippen LogP contribution in [-0.2, 0) is 4.79 Å². The summed E-state index contributed by atoms with van der Waals surface area (Å²) in [7, 11) is 0. The van der Waals surface area contributed by atoms with Crippen LogP contribution in [0.4, 0.5) is 0 Å². The van der Waals surface area contributed by atoms with Gasteiger partial charge in [-0.25, -0.2) is 4.79 Å². The molecule has 8 heteroatoms. The van der Waals surface area contributed by atoms with Crippen molar-refractivity contribution in [3.05, 3.63) is 0 Å². The second-order valence-electron chi connectivity index (χ2n) is 2.51. The molecule has 78 valence electrons. The molecule has 0 saturated carbocycles. The Kier molecular flexibility index (Phi) is 8.64. The summed E-state index contributed by atoms with van der Waals surface area (Å²) in [5.41, 5.74) is 0. The number of carboxylic acid groups (broad SMARTS) is 1. The fourth-order valence-corrected chi connectivity index (χ4v) is 0.668. The monoisotopic (exact) mass is 220 g/mol. The summed E-state index contributed by atoms with van der Waals surface area (Å²) >= 11 is 0. The smallest absolute Gasteiger partial charge is 0.479 e. The number of rotatable bonds is 5. The minimum Gasteiger partial charge on any atom is -0.479 e. The van der Waals surface area contributed by atoms with Gasteiger partial charge in [0.25, 0.3) is 0 Å². The van der Waals surface area contributed by atoms with Gasteiger partial charge in [-0.2, -0.15) is 0 Å². The minimum atomic E-state index is -2.20. The first-order valence-corrected chi connectivity index (χ1v) is 3.47. The van der Waals surface area contributed by atoms with Gasteiger partial charge in [-0.1, -0.05) is 0 Å². The zero-order chi connectivity index (χ0) is 10.6. The molecular formula is C6H12MgO7+2. The first-order chi connectivity index (χ1) is 5.91. The molecule has 0 aromatic heterocycles. The van der Waals surface area contributed by atoms with Gasteiger partial charge < -0.3 is 30.6 Å². The number of aliphatic carboxylic acids is 1. The number of carboxylic acids is 1. The van der Waals surface area contributed by atoms with Crippen LogP contribution in [0.5, 0.6) is 0 Å². The molecule has 4 atom stereocenters. The molecule has 0 saturated heterocycles. The molecule has 0 bridgehead atoms. The van der Waals surface area contributed by atoms with Gasteiger partial charge in [-0.3, -0.25) is 0 Å². The molecule has 4 unspecified atom stereocenters. The molecule has 0 aliphatic heterocycles. The van der Waals surface area contributed by atoms with E-state index < -0.39 is 37.0 Å². The van der Waals surface area contributed by atoms with Crippen molar-refractivity contribution < 1.29 is 35.4 Å². The zero-order valence-corrected chi connectivity index (χ0v) is 8.73. The Balaban J connectivity index is 0. The number of carbonyl (C=O) groups is 1. The number of hydrogen-bond acceptors (Lipinski definition) is 6. The molecule has 0 aliphatic carbocycles. The normalized spacial score (nSPS) is 18.9. The number of aliphatic hydroxyl groups is 5. The van der Waals surface area contributed by atoms with Crippen LogP contribution in [0.1, 0.15) is 0 Å². The molecule has 6 N–H and O–H groups in total. The van der Waals surface area contributed by atoms with Crippen LogP contribution in [0, 0.1) is 0 Å². The van der Waals surface area contributed by atoms with E-state index in [9.17, 15) is 4.79 Å². The summed E-state index contributed by atoms with van der Waals surface area (Å²) in [5, 5.41) is 51.8.